The van der Waals surface area contributed by atoms with Gasteiger partial charge in [0.25, 0.3) is 0 Å². The molecular weight excluding hydrogens is 332 g/mol. The van der Waals surface area contributed by atoms with E-state index in [-0.39, 0.29) is 5.78 Å². The van der Waals surface area contributed by atoms with E-state index in [4.69, 9.17) is 18.9 Å². The van der Waals surface area contributed by atoms with Crippen molar-refractivity contribution in [3.05, 3.63) is 53.1 Å². The van der Waals surface area contributed by atoms with Gasteiger partial charge in [0.1, 0.15) is 0 Å². The normalized spacial score (nSPS) is 13.3. The zero-order valence-electron chi connectivity index (χ0n) is 15.2. The minimum absolute atomic E-state index is 0.115. The van der Waals surface area contributed by atoms with Crippen LogP contribution < -0.4 is 18.9 Å². The Morgan fingerprint density at radius 1 is 1.08 bits per heavy atom. The summed E-state index contributed by atoms with van der Waals surface area (Å²) in [6.07, 6.45) is 4.13. The van der Waals surface area contributed by atoms with Crippen molar-refractivity contribution in [2.24, 2.45) is 0 Å². The number of aryl methyl sites for hydroxylation is 1. The Morgan fingerprint density at radius 3 is 2.58 bits per heavy atom. The second kappa shape index (κ2) is 7.95. The minimum atomic E-state index is -0.115. The third-order valence-electron chi connectivity index (χ3n) is 4.21. The van der Waals surface area contributed by atoms with Gasteiger partial charge >= 0.3 is 0 Å². The molecule has 0 unspecified atom stereocenters. The van der Waals surface area contributed by atoms with Gasteiger partial charge in [-0.3, -0.25) is 4.79 Å². The Balaban J connectivity index is 1.89. The van der Waals surface area contributed by atoms with Gasteiger partial charge in [-0.1, -0.05) is 12.1 Å². The topological polar surface area (TPSA) is 54.0 Å². The van der Waals surface area contributed by atoms with E-state index in [1.165, 1.54) is 6.08 Å². The van der Waals surface area contributed by atoms with Gasteiger partial charge in [-0.25, -0.2) is 0 Å². The second-order valence-electron chi connectivity index (χ2n) is 5.94. The fraction of sp³-hybridized carbons (Fsp3) is 0.286. The number of ketones is 1. The summed E-state index contributed by atoms with van der Waals surface area (Å²) in [4.78, 5) is 12.7. The van der Waals surface area contributed by atoms with E-state index in [1.54, 1.807) is 32.4 Å². The maximum absolute atomic E-state index is 12.7. The average Bonchev–Trinajstić information content (AvgIpc) is 2.91. The van der Waals surface area contributed by atoms with E-state index < -0.39 is 0 Å². The summed E-state index contributed by atoms with van der Waals surface area (Å²) >= 11 is 0. The molecule has 136 valence electrons. The fourth-order valence-corrected chi connectivity index (χ4v) is 2.85. The van der Waals surface area contributed by atoms with Crippen molar-refractivity contribution >= 4 is 11.9 Å². The number of rotatable bonds is 5. The van der Waals surface area contributed by atoms with E-state index in [1.807, 2.05) is 25.1 Å². The highest BCUT2D eigenvalue weighted by molar-refractivity contribution is 6.08. The quantitative estimate of drug-likeness (QED) is 0.598. The monoisotopic (exact) mass is 354 g/mol. The second-order valence-corrected chi connectivity index (χ2v) is 5.94. The lowest BCUT2D eigenvalue weighted by atomic mass is 10.0. The molecule has 0 aromatic heterocycles. The van der Waals surface area contributed by atoms with Crippen LogP contribution in [0.4, 0.5) is 0 Å². The maximum Gasteiger partial charge on any atom is 0.186 e. The van der Waals surface area contributed by atoms with Crippen LogP contribution in [-0.2, 0) is 0 Å². The van der Waals surface area contributed by atoms with Crippen molar-refractivity contribution < 1.29 is 23.7 Å². The highest BCUT2D eigenvalue weighted by Gasteiger charge is 2.15. The van der Waals surface area contributed by atoms with Gasteiger partial charge in [-0.15, -0.1) is 0 Å². The van der Waals surface area contributed by atoms with Crippen LogP contribution >= 0.6 is 0 Å². The van der Waals surface area contributed by atoms with E-state index in [2.05, 4.69) is 0 Å². The van der Waals surface area contributed by atoms with Gasteiger partial charge < -0.3 is 18.9 Å². The number of methoxy groups -OCH3 is 2. The molecule has 26 heavy (non-hydrogen) atoms. The van der Waals surface area contributed by atoms with Crippen LogP contribution in [0.3, 0.4) is 0 Å². The van der Waals surface area contributed by atoms with Gasteiger partial charge in [-0.2, -0.15) is 0 Å². The van der Waals surface area contributed by atoms with E-state index in [0.717, 1.165) is 17.5 Å². The molecule has 0 aliphatic carbocycles. The van der Waals surface area contributed by atoms with Crippen LogP contribution in [0, 0.1) is 6.92 Å². The van der Waals surface area contributed by atoms with E-state index >= 15 is 0 Å². The number of benzene rings is 2. The molecule has 1 heterocycles. The van der Waals surface area contributed by atoms with Crippen molar-refractivity contribution in [2.75, 3.05) is 27.4 Å². The number of carbonyl (C=O) groups excluding carboxylic acids is 1. The van der Waals surface area contributed by atoms with Crippen LogP contribution in [0.15, 0.2) is 36.4 Å². The van der Waals surface area contributed by atoms with Gasteiger partial charge in [-0.05, 0) is 42.8 Å². The van der Waals surface area contributed by atoms with Gasteiger partial charge in [0.05, 0.1) is 27.4 Å². The van der Waals surface area contributed by atoms with Crippen molar-refractivity contribution in [1.82, 2.24) is 0 Å². The molecule has 5 heteroatoms. The van der Waals surface area contributed by atoms with Crippen molar-refractivity contribution in [2.45, 2.75) is 13.3 Å². The summed E-state index contributed by atoms with van der Waals surface area (Å²) < 4.78 is 22.0. The number of ether oxygens (including phenoxy) is 4. The van der Waals surface area contributed by atoms with E-state index in [0.29, 0.717) is 41.8 Å². The summed E-state index contributed by atoms with van der Waals surface area (Å²) in [6, 6.07) is 9.16. The minimum Gasteiger partial charge on any atom is -0.493 e. The van der Waals surface area contributed by atoms with Gasteiger partial charge in [0.2, 0.25) is 0 Å². The summed E-state index contributed by atoms with van der Waals surface area (Å²) in [5, 5.41) is 0. The number of fused-ring (bicyclic) bond motifs is 1. The molecule has 1 aliphatic heterocycles. The molecule has 0 saturated carbocycles. The molecule has 0 fully saturated rings. The summed E-state index contributed by atoms with van der Waals surface area (Å²) in [5.74, 6) is 2.40. The van der Waals surface area contributed by atoms with Crippen LogP contribution in [0.2, 0.25) is 0 Å². The SMILES string of the molecule is COc1cc(C)c(C(=O)/C=C/c2cccc3c2OCCCO3)cc1OC. The molecule has 3 rings (SSSR count). The van der Waals surface area contributed by atoms with Crippen LogP contribution in [0.25, 0.3) is 6.08 Å². The fourth-order valence-electron chi connectivity index (χ4n) is 2.85. The number of hydrogen-bond donors (Lipinski definition) is 0. The highest BCUT2D eigenvalue weighted by atomic mass is 16.5. The van der Waals surface area contributed by atoms with Crippen molar-refractivity contribution in [1.29, 1.82) is 0 Å². The lowest BCUT2D eigenvalue weighted by molar-refractivity contribution is 0.104. The first-order chi connectivity index (χ1) is 12.6. The number of allylic oxidation sites excluding steroid dienone is 1. The van der Waals surface area contributed by atoms with Crippen LogP contribution in [0.1, 0.15) is 27.9 Å². The third kappa shape index (κ3) is 3.67. The standard InChI is InChI=1S/C21H22O5/c1-14-12-19(23-2)20(24-3)13-16(14)17(22)9-8-15-6-4-7-18-21(15)26-11-5-10-25-18/h4,6-9,12-13H,5,10-11H2,1-3H3/b9-8+. The molecule has 0 spiro atoms. The zero-order valence-corrected chi connectivity index (χ0v) is 15.2. The smallest absolute Gasteiger partial charge is 0.186 e. The predicted molar refractivity (Wildman–Crippen MR) is 99.7 cm³/mol. The Bertz CT molecular complexity index is 839. The number of para-hydroxylation sites is 1. The Hall–Kier alpha value is -2.95. The Kier molecular flexibility index (Phi) is 5.46. The Morgan fingerprint density at radius 2 is 1.81 bits per heavy atom. The highest BCUT2D eigenvalue weighted by Crippen LogP contribution is 2.34. The van der Waals surface area contributed by atoms with Crippen molar-refractivity contribution in [3.8, 4) is 23.0 Å². The molecule has 0 atom stereocenters. The first-order valence-corrected chi connectivity index (χ1v) is 8.47. The molecule has 2 aromatic carbocycles. The summed E-state index contributed by atoms with van der Waals surface area (Å²) in [5.41, 5.74) is 2.21. The number of carbonyl (C=O) groups is 1. The molecule has 0 N–H and O–H groups in total. The molecule has 0 saturated heterocycles. The molecular formula is C21H22O5. The lowest BCUT2D eigenvalue weighted by Gasteiger charge is -2.11. The number of hydrogen-bond acceptors (Lipinski definition) is 5. The Labute approximate surface area is 153 Å². The van der Waals surface area contributed by atoms with Gasteiger partial charge in [0.15, 0.2) is 28.8 Å². The summed E-state index contributed by atoms with van der Waals surface area (Å²) in [6.45, 7) is 3.10. The molecule has 0 radical (unpaired) electrons. The van der Waals surface area contributed by atoms with Crippen LogP contribution in [0.5, 0.6) is 23.0 Å². The first-order valence-electron chi connectivity index (χ1n) is 8.47. The largest absolute Gasteiger partial charge is 0.493 e. The molecule has 0 bridgehead atoms. The van der Waals surface area contributed by atoms with Crippen LogP contribution in [-0.4, -0.2) is 33.2 Å². The lowest BCUT2D eigenvalue weighted by Crippen LogP contribution is -2.01. The third-order valence-corrected chi connectivity index (χ3v) is 4.21. The first kappa shape index (κ1) is 17.9. The van der Waals surface area contributed by atoms with Crippen molar-refractivity contribution in [3.63, 3.8) is 0 Å². The maximum atomic E-state index is 12.7. The predicted octanol–water partition coefficient (Wildman–Crippen LogP) is 4.07. The average molecular weight is 354 g/mol. The summed E-state index contributed by atoms with van der Waals surface area (Å²) in [7, 11) is 3.12. The molecule has 5 nitrogen and oxygen atoms in total. The van der Waals surface area contributed by atoms with E-state index in [9.17, 15) is 4.79 Å². The molecule has 0 amide bonds. The van der Waals surface area contributed by atoms with Gasteiger partial charge in [0, 0.05) is 17.5 Å². The molecule has 2 aromatic rings. The molecule has 1 aliphatic rings. The zero-order chi connectivity index (χ0) is 18.5.